The quantitative estimate of drug-likeness (QED) is 0.0757. The number of aliphatic hydroxyl groups excluding tert-OH is 3. The lowest BCUT2D eigenvalue weighted by molar-refractivity contribution is -0.238. The molecule has 1 rings (SSSR count). The van der Waals surface area contributed by atoms with Crippen LogP contribution in [-0.2, 0) is 55.9 Å². The van der Waals surface area contributed by atoms with Crippen LogP contribution >= 0.6 is 22.8 Å². The molecule has 0 aromatic rings. The fraction of sp³-hybridized carbons (Fsp3) is 0.833. The predicted molar refractivity (Wildman–Crippen MR) is 126 cm³/mol. The summed E-state index contributed by atoms with van der Waals surface area (Å²) in [5.41, 5.74) is 0. The van der Waals surface area contributed by atoms with Crippen LogP contribution in [0.1, 0.15) is 40.0 Å². The molecule has 21 heteroatoms. The summed E-state index contributed by atoms with van der Waals surface area (Å²) in [6, 6.07) is 0. The minimum absolute atomic E-state index is 0.322. The van der Waals surface area contributed by atoms with Crippen molar-refractivity contribution in [2.45, 2.75) is 76.7 Å². The number of esters is 3. The van der Waals surface area contributed by atoms with E-state index >= 15 is 0 Å². The first-order valence-electron chi connectivity index (χ1n) is 11.4. The van der Waals surface area contributed by atoms with Crippen LogP contribution in [0, 0.1) is 0 Å². The minimum Gasteiger partial charge on any atom is -0.455 e. The molecule has 1 fully saturated rings. The number of carbonyl (C=O) groups is 3. The minimum atomic E-state index is -5.11. The molecule has 1 saturated carbocycles. The fourth-order valence-electron chi connectivity index (χ4n) is 3.26. The number of ether oxygens (including phenoxy) is 3. The number of hydrogen-bond donors (Lipinski definition) is 6. The van der Waals surface area contributed by atoms with Gasteiger partial charge in [-0.2, -0.15) is 0 Å². The summed E-state index contributed by atoms with van der Waals surface area (Å²) >= 11 is 0. The summed E-state index contributed by atoms with van der Waals surface area (Å²) in [5, 5.41) is 27.9. The number of carbonyl (C=O) groups excluding carboxylic acids is 3. The fourth-order valence-corrected chi connectivity index (χ4v) is 5.32. The lowest BCUT2D eigenvalue weighted by atomic mass is 9.84. The highest BCUT2D eigenvalue weighted by molar-refractivity contribution is 7.53. The maximum atomic E-state index is 12.4. The maximum absolute atomic E-state index is 12.4. The van der Waals surface area contributed by atoms with Gasteiger partial charge in [-0.1, -0.05) is 20.8 Å². The zero-order valence-corrected chi connectivity index (χ0v) is 23.8. The molecule has 228 valence electrons. The first kappa shape index (κ1) is 35.8. The molecule has 0 saturated heterocycles. The lowest BCUT2D eigenvalue weighted by Gasteiger charge is -2.48. The van der Waals surface area contributed by atoms with E-state index < -0.39 is 96.4 Å². The van der Waals surface area contributed by atoms with Gasteiger partial charge in [0.1, 0.15) is 37.4 Å². The second-order valence-corrected chi connectivity index (χ2v) is 13.3. The topological polar surface area (TPSA) is 279 Å². The first-order valence-corrected chi connectivity index (χ1v) is 16.7. The molecule has 0 aliphatic heterocycles. The van der Waals surface area contributed by atoms with Gasteiger partial charge in [0, 0.05) is 19.3 Å². The molecule has 0 bridgehead atoms. The van der Waals surface area contributed by atoms with Gasteiger partial charge in [0.05, 0.1) is 0 Å². The summed E-state index contributed by atoms with van der Waals surface area (Å²) in [4.78, 5) is 67.0. The Balaban J connectivity index is 4.04. The van der Waals surface area contributed by atoms with E-state index in [-0.39, 0.29) is 19.3 Å². The normalized spacial score (nSPS) is 29.8. The van der Waals surface area contributed by atoms with Gasteiger partial charge in [-0.3, -0.25) is 41.6 Å². The Morgan fingerprint density at radius 1 is 0.513 bits per heavy atom. The molecule has 0 aromatic carbocycles. The van der Waals surface area contributed by atoms with Crippen molar-refractivity contribution in [2.75, 3.05) is 19.0 Å². The molecule has 18 nitrogen and oxygen atoms in total. The molecule has 0 aromatic heterocycles. The van der Waals surface area contributed by atoms with Crippen LogP contribution in [0.15, 0.2) is 0 Å². The Morgan fingerprint density at radius 2 is 0.718 bits per heavy atom. The van der Waals surface area contributed by atoms with Crippen molar-refractivity contribution in [2.24, 2.45) is 0 Å². The molecule has 3 unspecified atom stereocenters. The molecule has 0 amide bonds. The third-order valence-electron chi connectivity index (χ3n) is 5.01. The molecule has 0 heterocycles. The van der Waals surface area contributed by atoms with Gasteiger partial charge in [0.2, 0.25) is 0 Å². The van der Waals surface area contributed by atoms with Gasteiger partial charge in [-0.15, -0.1) is 0 Å². The summed E-state index contributed by atoms with van der Waals surface area (Å²) in [6.07, 6.45) is -18.9. The summed E-state index contributed by atoms with van der Waals surface area (Å²) < 4.78 is 67.9. The number of rotatable bonds is 15. The Bertz CT molecular complexity index is 946. The largest absolute Gasteiger partial charge is 0.455 e. The Morgan fingerprint density at radius 3 is 0.923 bits per heavy atom. The van der Waals surface area contributed by atoms with Crippen molar-refractivity contribution < 1.29 is 85.9 Å². The second-order valence-electron chi connectivity index (χ2n) is 7.97. The summed E-state index contributed by atoms with van der Waals surface area (Å²) in [6.45, 7) is 3.98. The first-order chi connectivity index (χ1) is 18.0. The zero-order chi connectivity index (χ0) is 30.2. The number of aliphatic hydroxyl groups is 3. The van der Waals surface area contributed by atoms with Crippen LogP contribution in [0.3, 0.4) is 0 Å². The van der Waals surface area contributed by atoms with Crippen LogP contribution in [-0.4, -0.2) is 104 Å². The van der Waals surface area contributed by atoms with E-state index in [1.165, 1.54) is 20.8 Å². The third-order valence-corrected chi connectivity index (χ3v) is 7.80. The summed E-state index contributed by atoms with van der Waals surface area (Å²) in [5.74, 6) is -3.14. The van der Waals surface area contributed by atoms with Crippen LogP contribution in [0.5, 0.6) is 0 Å². The Hall–Kier alpha value is -1.26. The highest BCUT2D eigenvalue weighted by atomic mass is 31.2. The van der Waals surface area contributed by atoms with Crippen molar-refractivity contribution in [1.29, 1.82) is 0 Å². The van der Waals surface area contributed by atoms with Crippen molar-refractivity contribution in [1.82, 2.24) is 0 Å². The summed E-state index contributed by atoms with van der Waals surface area (Å²) in [7, 11) is -15.3. The smallest absolute Gasteiger partial charge is 0.353 e. The SMILES string of the molecule is CCC(=O)O[C@@H]1[C@@H](OC(=O)CC)[C@H](OP(=O)(O)CO)[C@@H](OP(=O)(O)CO)[C@@H](OP(=O)(O)CO)[C@H]1OC(=O)CC. The van der Waals surface area contributed by atoms with Gasteiger partial charge in [0.15, 0.2) is 18.3 Å². The van der Waals surface area contributed by atoms with E-state index in [0.717, 1.165) is 0 Å². The van der Waals surface area contributed by atoms with E-state index in [2.05, 4.69) is 0 Å². The molecular formula is C18H33O18P3. The van der Waals surface area contributed by atoms with Gasteiger partial charge >= 0.3 is 40.7 Å². The molecule has 1 aliphatic rings. The number of hydrogen-bond acceptors (Lipinski definition) is 15. The third kappa shape index (κ3) is 10.6. The van der Waals surface area contributed by atoms with E-state index in [0.29, 0.717) is 0 Å². The zero-order valence-electron chi connectivity index (χ0n) is 21.1. The van der Waals surface area contributed by atoms with Gasteiger partial charge in [0.25, 0.3) is 0 Å². The van der Waals surface area contributed by atoms with Crippen molar-refractivity contribution in [3.05, 3.63) is 0 Å². The highest BCUT2D eigenvalue weighted by Gasteiger charge is 2.61. The Kier molecular flexibility index (Phi) is 13.9. The van der Waals surface area contributed by atoms with Crippen molar-refractivity contribution in [3.63, 3.8) is 0 Å². The van der Waals surface area contributed by atoms with Gasteiger partial charge in [-0.05, 0) is 0 Å². The van der Waals surface area contributed by atoms with Gasteiger partial charge < -0.3 is 44.2 Å². The standard InChI is InChI=1S/C18H33O18P3/c1-4-10(22)31-13-14(32-11(23)5-2)16(34-37(25,26)7-19)18(36-39(29,30)9-21)17(35-38(27,28)8-20)15(13)33-12(24)6-3/h13-21H,4-9H2,1-3H3,(H,25,26)(H,27,28)(H,29,30)/t13-,14-,15+,16-,17-,18-/m0/s1. The van der Waals surface area contributed by atoms with Crippen LogP contribution in [0.2, 0.25) is 0 Å². The molecule has 1 aliphatic carbocycles. The molecular weight excluding hydrogens is 597 g/mol. The predicted octanol–water partition coefficient (Wildman–Crippen LogP) is -0.473. The lowest BCUT2D eigenvalue weighted by Crippen LogP contribution is -2.68. The molecule has 0 spiro atoms. The van der Waals surface area contributed by atoms with Gasteiger partial charge in [-0.25, -0.2) is 0 Å². The van der Waals surface area contributed by atoms with E-state index in [1.54, 1.807) is 0 Å². The Labute approximate surface area is 222 Å². The van der Waals surface area contributed by atoms with Crippen LogP contribution in [0.25, 0.3) is 0 Å². The van der Waals surface area contributed by atoms with E-state index in [4.69, 9.17) is 27.8 Å². The van der Waals surface area contributed by atoms with Crippen LogP contribution < -0.4 is 0 Å². The molecule has 39 heavy (non-hydrogen) atoms. The molecule has 6 N–H and O–H groups in total. The second kappa shape index (κ2) is 15.1. The maximum Gasteiger partial charge on any atom is 0.353 e. The van der Waals surface area contributed by atoms with Crippen LogP contribution in [0.4, 0.5) is 0 Å². The molecule has 9 atom stereocenters. The van der Waals surface area contributed by atoms with E-state index in [1.807, 2.05) is 0 Å². The monoisotopic (exact) mass is 630 g/mol. The average Bonchev–Trinajstić information content (AvgIpc) is 2.89. The van der Waals surface area contributed by atoms with Crippen molar-refractivity contribution >= 4 is 40.7 Å². The van der Waals surface area contributed by atoms with E-state index in [9.17, 15) is 58.1 Å². The average molecular weight is 630 g/mol. The van der Waals surface area contributed by atoms with Crippen molar-refractivity contribution in [3.8, 4) is 0 Å². The highest BCUT2D eigenvalue weighted by Crippen LogP contribution is 2.54. The molecule has 0 radical (unpaired) electrons.